The topological polar surface area (TPSA) is 82.5 Å². The van der Waals surface area contributed by atoms with Crippen LogP contribution in [0.1, 0.15) is 22.0 Å². The number of aromatic hydroxyl groups is 1. The van der Waals surface area contributed by atoms with Gasteiger partial charge in [0.1, 0.15) is 5.75 Å². The number of aliphatic hydroxyl groups excluding tert-OH is 1. The molecule has 0 saturated heterocycles. The highest BCUT2D eigenvalue weighted by molar-refractivity contribution is 5.94. The first kappa shape index (κ1) is 15.0. The van der Waals surface area contributed by atoms with E-state index in [2.05, 4.69) is 10.3 Å². The van der Waals surface area contributed by atoms with E-state index in [1.807, 2.05) is 42.5 Å². The third-order valence-electron chi connectivity index (χ3n) is 3.60. The number of pyridine rings is 1. The first-order chi connectivity index (χ1) is 11.1. The van der Waals surface area contributed by atoms with Gasteiger partial charge in [-0.3, -0.25) is 9.78 Å². The van der Waals surface area contributed by atoms with Crippen molar-refractivity contribution in [3.63, 3.8) is 0 Å². The Morgan fingerprint density at radius 3 is 2.65 bits per heavy atom. The summed E-state index contributed by atoms with van der Waals surface area (Å²) in [6, 6.07) is 14.9. The fourth-order valence-corrected chi connectivity index (χ4v) is 2.38. The molecule has 1 atom stereocenters. The van der Waals surface area contributed by atoms with Gasteiger partial charge in [0.2, 0.25) is 0 Å². The van der Waals surface area contributed by atoms with Crippen LogP contribution in [0.15, 0.2) is 60.9 Å². The van der Waals surface area contributed by atoms with Crippen molar-refractivity contribution in [2.24, 2.45) is 0 Å². The average Bonchev–Trinajstić information content (AvgIpc) is 2.59. The number of nitrogens with one attached hydrogen (secondary N) is 1. The molecule has 116 valence electrons. The molecule has 0 saturated carbocycles. The summed E-state index contributed by atoms with van der Waals surface area (Å²) < 4.78 is 0. The van der Waals surface area contributed by atoms with Crippen LogP contribution in [0.5, 0.6) is 5.75 Å². The Morgan fingerprint density at radius 2 is 1.87 bits per heavy atom. The van der Waals surface area contributed by atoms with Crippen LogP contribution in [-0.2, 0) is 0 Å². The molecule has 0 spiro atoms. The van der Waals surface area contributed by atoms with Crippen LogP contribution < -0.4 is 5.32 Å². The van der Waals surface area contributed by atoms with Crippen molar-refractivity contribution in [3.05, 3.63) is 72.1 Å². The molecule has 0 fully saturated rings. The second-order valence-electron chi connectivity index (χ2n) is 5.26. The number of carbonyl (C=O) groups excluding carboxylic acids is 1. The molecule has 3 aromatic rings. The zero-order valence-corrected chi connectivity index (χ0v) is 12.3. The smallest absolute Gasteiger partial charge is 0.253 e. The van der Waals surface area contributed by atoms with Gasteiger partial charge >= 0.3 is 0 Å². The van der Waals surface area contributed by atoms with Crippen molar-refractivity contribution in [2.45, 2.75) is 6.10 Å². The zero-order valence-electron chi connectivity index (χ0n) is 12.3. The average molecular weight is 308 g/mol. The van der Waals surface area contributed by atoms with Gasteiger partial charge in [0.05, 0.1) is 17.9 Å². The highest BCUT2D eigenvalue weighted by Gasteiger charge is 2.12. The number of aromatic nitrogens is 1. The summed E-state index contributed by atoms with van der Waals surface area (Å²) >= 11 is 0. The monoisotopic (exact) mass is 308 g/mol. The Morgan fingerprint density at radius 1 is 1.09 bits per heavy atom. The Kier molecular flexibility index (Phi) is 4.21. The normalized spacial score (nSPS) is 12.0. The van der Waals surface area contributed by atoms with Crippen molar-refractivity contribution in [3.8, 4) is 5.75 Å². The van der Waals surface area contributed by atoms with Gasteiger partial charge in [-0.25, -0.2) is 0 Å². The van der Waals surface area contributed by atoms with Crippen molar-refractivity contribution in [2.75, 3.05) is 6.54 Å². The van der Waals surface area contributed by atoms with Crippen LogP contribution in [0.2, 0.25) is 0 Å². The minimum Gasteiger partial charge on any atom is -0.506 e. The van der Waals surface area contributed by atoms with Gasteiger partial charge in [0.25, 0.3) is 5.91 Å². The highest BCUT2D eigenvalue weighted by atomic mass is 16.3. The molecular weight excluding hydrogens is 292 g/mol. The summed E-state index contributed by atoms with van der Waals surface area (Å²) in [7, 11) is 0. The van der Waals surface area contributed by atoms with Gasteiger partial charge in [-0.1, -0.05) is 36.4 Å². The fraction of sp³-hybridized carbons (Fsp3) is 0.111. The van der Waals surface area contributed by atoms with Gasteiger partial charge in [-0.05, 0) is 28.5 Å². The highest BCUT2D eigenvalue weighted by Crippen LogP contribution is 2.20. The van der Waals surface area contributed by atoms with Gasteiger partial charge in [-0.15, -0.1) is 0 Å². The van der Waals surface area contributed by atoms with E-state index in [1.165, 1.54) is 18.5 Å². The predicted molar refractivity (Wildman–Crippen MR) is 87.1 cm³/mol. The molecule has 1 unspecified atom stereocenters. The SMILES string of the molecule is O=C(NCC(O)c1ccc2ccccc2c1)c1cncc(O)c1. The van der Waals surface area contributed by atoms with Gasteiger partial charge in [0.15, 0.2) is 0 Å². The maximum absolute atomic E-state index is 12.0. The molecule has 0 bridgehead atoms. The number of amides is 1. The Hall–Kier alpha value is -2.92. The molecule has 0 radical (unpaired) electrons. The van der Waals surface area contributed by atoms with E-state index in [1.54, 1.807) is 0 Å². The van der Waals surface area contributed by atoms with Crippen molar-refractivity contribution >= 4 is 16.7 Å². The Balaban J connectivity index is 1.68. The van der Waals surface area contributed by atoms with Crippen LogP contribution in [0.4, 0.5) is 0 Å². The molecule has 0 aliphatic heterocycles. The number of rotatable bonds is 4. The lowest BCUT2D eigenvalue weighted by Gasteiger charge is -2.13. The van der Waals surface area contributed by atoms with E-state index < -0.39 is 12.0 Å². The second-order valence-corrected chi connectivity index (χ2v) is 5.26. The van der Waals surface area contributed by atoms with E-state index in [0.29, 0.717) is 0 Å². The molecule has 3 rings (SSSR count). The molecule has 23 heavy (non-hydrogen) atoms. The zero-order chi connectivity index (χ0) is 16.2. The molecular formula is C18H16N2O3. The Bertz CT molecular complexity index is 848. The van der Waals surface area contributed by atoms with Crippen molar-refractivity contribution in [1.82, 2.24) is 10.3 Å². The van der Waals surface area contributed by atoms with Crippen LogP contribution in [0.3, 0.4) is 0 Å². The van der Waals surface area contributed by atoms with E-state index in [9.17, 15) is 15.0 Å². The number of benzene rings is 2. The predicted octanol–water partition coefficient (Wildman–Crippen LogP) is 2.40. The van der Waals surface area contributed by atoms with Crippen molar-refractivity contribution in [1.29, 1.82) is 0 Å². The van der Waals surface area contributed by atoms with E-state index in [-0.39, 0.29) is 17.9 Å². The molecule has 1 amide bonds. The number of fused-ring (bicyclic) bond motifs is 1. The number of nitrogens with zero attached hydrogens (tertiary/aromatic N) is 1. The van der Waals surface area contributed by atoms with Crippen LogP contribution in [0, 0.1) is 0 Å². The first-order valence-corrected chi connectivity index (χ1v) is 7.22. The van der Waals surface area contributed by atoms with Gasteiger partial charge < -0.3 is 15.5 Å². The van der Waals surface area contributed by atoms with Crippen LogP contribution >= 0.6 is 0 Å². The summed E-state index contributed by atoms with van der Waals surface area (Å²) in [6.45, 7) is 0.0762. The second kappa shape index (κ2) is 6.46. The minimum absolute atomic E-state index is 0.0762. The maximum atomic E-state index is 12.0. The standard InChI is InChI=1S/C18H16N2O3/c21-16-8-15(9-19-10-16)18(23)20-11-17(22)14-6-5-12-3-1-2-4-13(12)7-14/h1-10,17,21-22H,11H2,(H,20,23). The maximum Gasteiger partial charge on any atom is 0.253 e. The van der Waals surface area contributed by atoms with E-state index >= 15 is 0 Å². The quantitative estimate of drug-likeness (QED) is 0.691. The molecule has 1 aromatic heterocycles. The molecule has 2 aromatic carbocycles. The minimum atomic E-state index is -0.811. The third kappa shape index (κ3) is 3.46. The summed E-state index contributed by atoms with van der Waals surface area (Å²) in [4.78, 5) is 15.7. The summed E-state index contributed by atoms with van der Waals surface area (Å²) in [5, 5.41) is 24.3. The summed E-state index contributed by atoms with van der Waals surface area (Å²) in [6.07, 6.45) is 1.80. The summed E-state index contributed by atoms with van der Waals surface area (Å²) in [5.41, 5.74) is 0.980. The van der Waals surface area contributed by atoms with Crippen LogP contribution in [-0.4, -0.2) is 27.6 Å². The molecule has 3 N–H and O–H groups in total. The number of hydrogen-bond donors (Lipinski definition) is 3. The molecule has 5 nitrogen and oxygen atoms in total. The van der Waals surface area contributed by atoms with Gasteiger partial charge in [-0.2, -0.15) is 0 Å². The molecule has 0 aliphatic rings. The molecule has 1 heterocycles. The Labute approximate surface area is 133 Å². The van der Waals surface area contributed by atoms with E-state index in [4.69, 9.17) is 0 Å². The molecule has 5 heteroatoms. The van der Waals surface area contributed by atoms with Crippen LogP contribution in [0.25, 0.3) is 10.8 Å². The largest absolute Gasteiger partial charge is 0.506 e. The third-order valence-corrected chi connectivity index (χ3v) is 3.60. The van der Waals surface area contributed by atoms with Crippen molar-refractivity contribution < 1.29 is 15.0 Å². The fourth-order valence-electron chi connectivity index (χ4n) is 2.38. The summed E-state index contributed by atoms with van der Waals surface area (Å²) in [5.74, 6) is -0.471. The van der Waals surface area contributed by atoms with E-state index in [0.717, 1.165) is 16.3 Å². The van der Waals surface area contributed by atoms with Gasteiger partial charge in [0, 0.05) is 12.7 Å². The lowest BCUT2D eigenvalue weighted by atomic mass is 10.0. The number of aliphatic hydroxyl groups is 1. The lowest BCUT2D eigenvalue weighted by Crippen LogP contribution is -2.28. The number of hydrogen-bond acceptors (Lipinski definition) is 4. The first-order valence-electron chi connectivity index (χ1n) is 7.22. The lowest BCUT2D eigenvalue weighted by molar-refractivity contribution is 0.0915. The number of carbonyl (C=O) groups is 1. The molecule has 0 aliphatic carbocycles.